The third-order valence-corrected chi connectivity index (χ3v) is 6.93. The van der Waals surface area contributed by atoms with Crippen LogP contribution in [0.2, 0.25) is 0 Å². The molecule has 0 amide bonds. The van der Waals surface area contributed by atoms with Gasteiger partial charge < -0.3 is 5.32 Å². The summed E-state index contributed by atoms with van der Waals surface area (Å²) in [6.45, 7) is 9.81. The van der Waals surface area contributed by atoms with Crippen molar-refractivity contribution in [3.8, 4) is 0 Å². The monoisotopic (exact) mass is 332 g/mol. The van der Waals surface area contributed by atoms with Crippen molar-refractivity contribution in [1.29, 1.82) is 0 Å². The molecule has 1 N–H and O–H groups in total. The molecule has 1 aromatic rings. The zero-order chi connectivity index (χ0) is 16.0. The smallest absolute Gasteiger partial charge is 0.252 e. The maximum atomic E-state index is 12.5. The summed E-state index contributed by atoms with van der Waals surface area (Å²) < 4.78 is 26.9. The highest BCUT2D eigenvalue weighted by molar-refractivity contribution is 7.91. The fraction of sp³-hybridized carbons (Fsp3) is 0.733. The molecule has 4 nitrogen and oxygen atoms in total. The predicted octanol–water partition coefficient (Wildman–Crippen LogP) is 2.96. The maximum Gasteiger partial charge on any atom is 0.252 e. The van der Waals surface area contributed by atoms with Crippen molar-refractivity contribution < 1.29 is 8.42 Å². The number of sulfonamides is 1. The molecular weight excluding hydrogens is 304 g/mol. The van der Waals surface area contributed by atoms with E-state index in [4.69, 9.17) is 0 Å². The van der Waals surface area contributed by atoms with E-state index in [1.165, 1.54) is 15.6 Å². The summed E-state index contributed by atoms with van der Waals surface area (Å²) in [5.74, 6) is 0.374. The number of rotatable bonds is 9. The molecule has 0 radical (unpaired) electrons. The topological polar surface area (TPSA) is 49.4 Å². The van der Waals surface area contributed by atoms with Crippen molar-refractivity contribution in [3.63, 3.8) is 0 Å². The molecule has 122 valence electrons. The van der Waals surface area contributed by atoms with E-state index >= 15 is 0 Å². The van der Waals surface area contributed by atoms with Gasteiger partial charge in [0.15, 0.2) is 0 Å². The Labute approximate surface area is 133 Å². The minimum absolute atomic E-state index is 0.374. The average Bonchev–Trinajstić information content (AvgIpc) is 2.87. The van der Waals surface area contributed by atoms with E-state index in [9.17, 15) is 8.42 Å². The summed E-state index contributed by atoms with van der Waals surface area (Å²) in [5, 5.41) is 3.35. The SMILES string of the molecule is CCC(C)CN(C)S(=O)(=O)c1ccc(CCNC(C)C)s1. The number of hydrogen-bond acceptors (Lipinski definition) is 4. The Morgan fingerprint density at radius 3 is 2.52 bits per heavy atom. The van der Waals surface area contributed by atoms with E-state index in [1.54, 1.807) is 13.1 Å². The van der Waals surface area contributed by atoms with E-state index in [-0.39, 0.29) is 0 Å². The summed E-state index contributed by atoms with van der Waals surface area (Å²) in [7, 11) is -1.67. The van der Waals surface area contributed by atoms with Gasteiger partial charge in [-0.15, -0.1) is 11.3 Å². The summed E-state index contributed by atoms with van der Waals surface area (Å²) in [4.78, 5) is 1.11. The molecule has 0 fully saturated rings. The maximum absolute atomic E-state index is 12.5. The molecule has 1 aromatic heterocycles. The Morgan fingerprint density at radius 1 is 1.29 bits per heavy atom. The molecule has 0 aromatic carbocycles. The van der Waals surface area contributed by atoms with Gasteiger partial charge in [-0.25, -0.2) is 8.42 Å². The molecule has 1 unspecified atom stereocenters. The Bertz CT molecular complexity index is 524. The first-order valence-corrected chi connectivity index (χ1v) is 9.81. The third-order valence-electron chi connectivity index (χ3n) is 3.49. The highest BCUT2D eigenvalue weighted by atomic mass is 32.2. The summed E-state index contributed by atoms with van der Waals surface area (Å²) in [5.41, 5.74) is 0. The van der Waals surface area contributed by atoms with Crippen molar-refractivity contribution in [2.24, 2.45) is 5.92 Å². The zero-order valence-electron chi connectivity index (χ0n) is 13.7. The fourth-order valence-corrected chi connectivity index (χ4v) is 4.79. The molecule has 1 atom stereocenters. The lowest BCUT2D eigenvalue weighted by Gasteiger charge is -2.19. The van der Waals surface area contributed by atoms with Crippen molar-refractivity contribution in [1.82, 2.24) is 9.62 Å². The number of nitrogens with one attached hydrogen (secondary N) is 1. The second kappa shape index (κ2) is 8.27. The molecule has 0 spiro atoms. The van der Waals surface area contributed by atoms with E-state index in [0.29, 0.717) is 22.7 Å². The standard InChI is InChI=1S/C15H28N2O2S2/c1-6-13(4)11-17(5)21(18,19)15-8-7-14(20-15)9-10-16-12(2)3/h7-8,12-13,16H,6,9-11H2,1-5H3. The second-order valence-corrected chi connectivity index (χ2v) is 9.32. The quantitative estimate of drug-likeness (QED) is 0.756. The van der Waals surface area contributed by atoms with E-state index in [2.05, 4.69) is 33.0 Å². The molecule has 0 aliphatic heterocycles. The third kappa shape index (κ3) is 5.70. The Kier molecular flexibility index (Phi) is 7.33. The van der Waals surface area contributed by atoms with Gasteiger partial charge in [0.05, 0.1) is 0 Å². The lowest BCUT2D eigenvalue weighted by atomic mass is 10.1. The van der Waals surface area contributed by atoms with Gasteiger partial charge in [-0.1, -0.05) is 34.1 Å². The molecule has 0 saturated carbocycles. The molecule has 6 heteroatoms. The van der Waals surface area contributed by atoms with Crippen LogP contribution in [0.25, 0.3) is 0 Å². The molecule has 0 saturated heterocycles. The van der Waals surface area contributed by atoms with Crippen LogP contribution in [0.1, 0.15) is 39.0 Å². The second-order valence-electron chi connectivity index (χ2n) is 5.88. The van der Waals surface area contributed by atoms with Gasteiger partial charge in [-0.2, -0.15) is 4.31 Å². The van der Waals surface area contributed by atoms with Crippen LogP contribution in [0.5, 0.6) is 0 Å². The van der Waals surface area contributed by atoms with Gasteiger partial charge in [0.2, 0.25) is 0 Å². The first kappa shape index (κ1) is 18.6. The zero-order valence-corrected chi connectivity index (χ0v) is 15.4. The van der Waals surface area contributed by atoms with Crippen LogP contribution in [0.3, 0.4) is 0 Å². The summed E-state index contributed by atoms with van der Waals surface area (Å²) >= 11 is 1.38. The van der Waals surface area contributed by atoms with Gasteiger partial charge in [-0.3, -0.25) is 0 Å². The fourth-order valence-electron chi connectivity index (χ4n) is 1.94. The van der Waals surface area contributed by atoms with Crippen molar-refractivity contribution in [3.05, 3.63) is 17.0 Å². The Hall–Kier alpha value is -0.430. The predicted molar refractivity (Wildman–Crippen MR) is 90.4 cm³/mol. The lowest BCUT2D eigenvalue weighted by molar-refractivity contribution is 0.394. The van der Waals surface area contributed by atoms with Crippen LogP contribution in [0, 0.1) is 5.92 Å². The number of hydrogen-bond donors (Lipinski definition) is 1. The lowest BCUT2D eigenvalue weighted by Crippen LogP contribution is -2.30. The molecule has 1 rings (SSSR count). The van der Waals surface area contributed by atoms with Gasteiger partial charge in [0.25, 0.3) is 10.0 Å². The molecule has 21 heavy (non-hydrogen) atoms. The molecule has 1 heterocycles. The summed E-state index contributed by atoms with van der Waals surface area (Å²) in [6, 6.07) is 4.11. The molecular formula is C15H28N2O2S2. The van der Waals surface area contributed by atoms with Crippen molar-refractivity contribution in [2.75, 3.05) is 20.1 Å². The van der Waals surface area contributed by atoms with Crippen molar-refractivity contribution in [2.45, 2.75) is 50.8 Å². The molecule has 0 bridgehead atoms. The summed E-state index contributed by atoms with van der Waals surface area (Å²) in [6.07, 6.45) is 1.85. The van der Waals surface area contributed by atoms with E-state index in [0.717, 1.165) is 24.3 Å². The first-order chi connectivity index (χ1) is 9.77. The van der Waals surface area contributed by atoms with Crippen LogP contribution in [-0.4, -0.2) is 38.9 Å². The molecule has 0 aliphatic carbocycles. The minimum atomic E-state index is -3.33. The highest BCUT2D eigenvalue weighted by Crippen LogP contribution is 2.25. The normalized spacial score (nSPS) is 14.0. The van der Waals surface area contributed by atoms with Gasteiger partial charge >= 0.3 is 0 Å². The largest absolute Gasteiger partial charge is 0.314 e. The molecule has 0 aliphatic rings. The van der Waals surface area contributed by atoms with Gasteiger partial charge in [-0.05, 0) is 24.5 Å². The van der Waals surface area contributed by atoms with Crippen LogP contribution in [0.4, 0.5) is 0 Å². The minimum Gasteiger partial charge on any atom is -0.314 e. The van der Waals surface area contributed by atoms with Crippen LogP contribution >= 0.6 is 11.3 Å². The average molecular weight is 333 g/mol. The van der Waals surface area contributed by atoms with E-state index in [1.807, 2.05) is 6.07 Å². The van der Waals surface area contributed by atoms with Crippen molar-refractivity contribution >= 4 is 21.4 Å². The van der Waals surface area contributed by atoms with Crippen LogP contribution in [0.15, 0.2) is 16.3 Å². The van der Waals surface area contributed by atoms with Gasteiger partial charge in [0, 0.05) is 31.1 Å². The Balaban J connectivity index is 2.69. The van der Waals surface area contributed by atoms with E-state index < -0.39 is 10.0 Å². The van der Waals surface area contributed by atoms with Crippen LogP contribution in [-0.2, 0) is 16.4 Å². The highest BCUT2D eigenvalue weighted by Gasteiger charge is 2.23. The Morgan fingerprint density at radius 2 is 1.95 bits per heavy atom. The van der Waals surface area contributed by atoms with Gasteiger partial charge in [0.1, 0.15) is 4.21 Å². The first-order valence-electron chi connectivity index (χ1n) is 7.55. The number of thiophene rings is 1. The van der Waals surface area contributed by atoms with Crippen LogP contribution < -0.4 is 5.32 Å². The number of nitrogens with zero attached hydrogens (tertiary/aromatic N) is 1.